The molecular formula is C10H15N3O. The first-order valence-electron chi connectivity index (χ1n) is 4.70. The molecule has 0 aromatic heterocycles. The summed E-state index contributed by atoms with van der Waals surface area (Å²) in [6.45, 7) is 3.83. The van der Waals surface area contributed by atoms with E-state index >= 15 is 0 Å². The Morgan fingerprint density at radius 2 is 1.86 bits per heavy atom. The van der Waals surface area contributed by atoms with E-state index in [2.05, 4.69) is 0 Å². The fraction of sp³-hybridized carbons (Fsp3) is 0.700. The highest BCUT2D eigenvalue weighted by atomic mass is 16.2. The van der Waals surface area contributed by atoms with E-state index < -0.39 is 0 Å². The second kappa shape index (κ2) is 6.91. The molecule has 14 heavy (non-hydrogen) atoms. The topological polar surface area (TPSA) is 67.9 Å². The number of hydrogen-bond acceptors (Lipinski definition) is 3. The molecular weight excluding hydrogens is 178 g/mol. The van der Waals surface area contributed by atoms with Crippen molar-refractivity contribution in [3.8, 4) is 12.1 Å². The molecule has 76 valence electrons. The van der Waals surface area contributed by atoms with E-state index in [4.69, 9.17) is 10.5 Å². The largest absolute Gasteiger partial charge is 0.316 e. The molecule has 0 radical (unpaired) electrons. The van der Waals surface area contributed by atoms with E-state index in [9.17, 15) is 4.79 Å². The first-order valence-corrected chi connectivity index (χ1v) is 4.70. The van der Waals surface area contributed by atoms with E-state index in [1.807, 2.05) is 26.0 Å². The number of carbonyl (C=O) groups is 1. The molecule has 1 atom stereocenters. The van der Waals surface area contributed by atoms with E-state index in [0.717, 1.165) is 12.8 Å². The number of rotatable bonds is 5. The van der Waals surface area contributed by atoms with Gasteiger partial charge in [0.2, 0.25) is 5.91 Å². The van der Waals surface area contributed by atoms with Crippen molar-refractivity contribution in [1.29, 1.82) is 10.5 Å². The second-order valence-corrected chi connectivity index (χ2v) is 3.20. The quantitative estimate of drug-likeness (QED) is 0.618. The van der Waals surface area contributed by atoms with E-state index in [-0.39, 0.29) is 24.9 Å². The SMILES string of the molecule is CCCC(C)C(=O)N(CC#N)CC#N. The molecule has 0 bridgehead atoms. The molecule has 0 heterocycles. The average Bonchev–Trinajstić information content (AvgIpc) is 2.17. The Morgan fingerprint density at radius 3 is 2.21 bits per heavy atom. The molecule has 0 rings (SSSR count). The molecule has 4 nitrogen and oxygen atoms in total. The van der Waals surface area contributed by atoms with Gasteiger partial charge < -0.3 is 4.90 Å². The van der Waals surface area contributed by atoms with Crippen LogP contribution in [0, 0.1) is 28.6 Å². The zero-order valence-corrected chi connectivity index (χ0v) is 8.66. The van der Waals surface area contributed by atoms with Crippen molar-refractivity contribution in [2.24, 2.45) is 5.92 Å². The van der Waals surface area contributed by atoms with Crippen molar-refractivity contribution >= 4 is 5.91 Å². The number of hydrogen-bond donors (Lipinski definition) is 0. The molecule has 1 unspecified atom stereocenters. The van der Waals surface area contributed by atoms with Crippen molar-refractivity contribution < 1.29 is 4.79 Å². The van der Waals surface area contributed by atoms with Crippen LogP contribution in [0.25, 0.3) is 0 Å². The molecule has 0 saturated heterocycles. The molecule has 0 aliphatic heterocycles. The average molecular weight is 193 g/mol. The lowest BCUT2D eigenvalue weighted by atomic mass is 10.0. The highest BCUT2D eigenvalue weighted by molar-refractivity contribution is 5.78. The fourth-order valence-corrected chi connectivity index (χ4v) is 1.25. The van der Waals surface area contributed by atoms with Crippen LogP contribution in [0.2, 0.25) is 0 Å². The van der Waals surface area contributed by atoms with Gasteiger partial charge in [0.1, 0.15) is 13.1 Å². The fourth-order valence-electron chi connectivity index (χ4n) is 1.25. The molecule has 0 aromatic rings. The van der Waals surface area contributed by atoms with Crippen LogP contribution in [0.5, 0.6) is 0 Å². The summed E-state index contributed by atoms with van der Waals surface area (Å²) in [4.78, 5) is 12.9. The molecule has 0 spiro atoms. The summed E-state index contributed by atoms with van der Waals surface area (Å²) in [6.07, 6.45) is 1.73. The van der Waals surface area contributed by atoms with Crippen LogP contribution in [0.4, 0.5) is 0 Å². The standard InChI is InChI=1S/C10H15N3O/c1-3-4-9(2)10(14)13(7-5-11)8-6-12/h9H,3-4,7-8H2,1-2H3. The Morgan fingerprint density at radius 1 is 1.36 bits per heavy atom. The van der Waals surface area contributed by atoms with Gasteiger partial charge in [-0.3, -0.25) is 4.79 Å². The minimum atomic E-state index is -0.102. The van der Waals surface area contributed by atoms with Gasteiger partial charge >= 0.3 is 0 Å². The highest BCUT2D eigenvalue weighted by Gasteiger charge is 2.18. The molecule has 0 N–H and O–H groups in total. The zero-order chi connectivity index (χ0) is 11.0. The Hall–Kier alpha value is -1.55. The van der Waals surface area contributed by atoms with Gasteiger partial charge in [0.25, 0.3) is 0 Å². The summed E-state index contributed by atoms with van der Waals surface area (Å²) in [5.41, 5.74) is 0. The van der Waals surface area contributed by atoms with Gasteiger partial charge in [-0.25, -0.2) is 0 Å². The van der Waals surface area contributed by atoms with Crippen LogP contribution < -0.4 is 0 Å². The highest BCUT2D eigenvalue weighted by Crippen LogP contribution is 2.08. The molecule has 0 saturated carbocycles. The molecule has 0 aliphatic rings. The minimum Gasteiger partial charge on any atom is -0.316 e. The number of amides is 1. The van der Waals surface area contributed by atoms with Crippen molar-refractivity contribution in [3.05, 3.63) is 0 Å². The van der Waals surface area contributed by atoms with Gasteiger partial charge in [-0.1, -0.05) is 20.3 Å². The maximum atomic E-state index is 11.6. The van der Waals surface area contributed by atoms with Gasteiger partial charge in [0.05, 0.1) is 12.1 Å². The van der Waals surface area contributed by atoms with Crippen molar-refractivity contribution in [2.45, 2.75) is 26.7 Å². The van der Waals surface area contributed by atoms with Crippen molar-refractivity contribution in [3.63, 3.8) is 0 Å². The molecule has 0 aliphatic carbocycles. The summed E-state index contributed by atoms with van der Waals surface area (Å²) < 4.78 is 0. The summed E-state index contributed by atoms with van der Waals surface area (Å²) >= 11 is 0. The Balaban J connectivity index is 4.29. The van der Waals surface area contributed by atoms with Crippen LogP contribution in [0.1, 0.15) is 26.7 Å². The lowest BCUT2D eigenvalue weighted by Crippen LogP contribution is -2.35. The molecule has 1 amide bonds. The number of nitrogens with zero attached hydrogens (tertiary/aromatic N) is 3. The maximum Gasteiger partial charge on any atom is 0.227 e. The second-order valence-electron chi connectivity index (χ2n) is 3.20. The van der Waals surface area contributed by atoms with Crippen LogP contribution in [0.15, 0.2) is 0 Å². The van der Waals surface area contributed by atoms with E-state index in [1.54, 1.807) is 0 Å². The molecule has 4 heteroatoms. The summed E-state index contributed by atoms with van der Waals surface area (Å²) in [5.74, 6) is -0.198. The molecule has 0 aromatic carbocycles. The third-order valence-electron chi connectivity index (χ3n) is 1.98. The monoisotopic (exact) mass is 193 g/mol. The third kappa shape index (κ3) is 3.91. The van der Waals surface area contributed by atoms with Crippen LogP contribution in [-0.4, -0.2) is 23.9 Å². The maximum absolute atomic E-state index is 11.6. The predicted molar refractivity (Wildman–Crippen MR) is 51.9 cm³/mol. The van der Waals surface area contributed by atoms with Crippen LogP contribution in [0.3, 0.4) is 0 Å². The van der Waals surface area contributed by atoms with Crippen LogP contribution in [-0.2, 0) is 4.79 Å². The van der Waals surface area contributed by atoms with Crippen LogP contribution >= 0.6 is 0 Å². The Bertz CT molecular complexity index is 246. The first-order chi connectivity index (χ1) is 6.67. The minimum absolute atomic E-state index is 0.000444. The Labute approximate surface area is 84.7 Å². The zero-order valence-electron chi connectivity index (χ0n) is 8.66. The molecule has 0 fully saturated rings. The normalized spacial score (nSPS) is 11.1. The lowest BCUT2D eigenvalue weighted by molar-refractivity contribution is -0.134. The Kier molecular flexibility index (Phi) is 6.15. The summed E-state index contributed by atoms with van der Waals surface area (Å²) in [7, 11) is 0. The lowest BCUT2D eigenvalue weighted by Gasteiger charge is -2.19. The van der Waals surface area contributed by atoms with Crippen molar-refractivity contribution in [2.75, 3.05) is 13.1 Å². The van der Waals surface area contributed by atoms with Gasteiger partial charge in [-0.15, -0.1) is 0 Å². The van der Waals surface area contributed by atoms with Gasteiger partial charge in [0, 0.05) is 5.92 Å². The smallest absolute Gasteiger partial charge is 0.227 e. The van der Waals surface area contributed by atoms with E-state index in [1.165, 1.54) is 4.90 Å². The summed E-state index contributed by atoms with van der Waals surface area (Å²) in [5, 5.41) is 16.9. The predicted octanol–water partition coefficient (Wildman–Crippen LogP) is 1.30. The van der Waals surface area contributed by atoms with E-state index in [0.29, 0.717) is 0 Å². The summed E-state index contributed by atoms with van der Waals surface area (Å²) in [6, 6.07) is 3.77. The van der Waals surface area contributed by atoms with Gasteiger partial charge in [0.15, 0.2) is 0 Å². The van der Waals surface area contributed by atoms with Gasteiger partial charge in [-0.2, -0.15) is 10.5 Å². The van der Waals surface area contributed by atoms with Gasteiger partial charge in [-0.05, 0) is 6.42 Å². The first kappa shape index (κ1) is 12.4. The van der Waals surface area contributed by atoms with Crippen molar-refractivity contribution in [1.82, 2.24) is 4.90 Å². The third-order valence-corrected chi connectivity index (χ3v) is 1.98. The number of carbonyl (C=O) groups excluding carboxylic acids is 1. The number of nitriles is 2.